The molecule has 0 aliphatic carbocycles. The van der Waals surface area contributed by atoms with Gasteiger partial charge >= 0.3 is 5.97 Å². The highest BCUT2D eigenvalue weighted by Gasteiger charge is 2.35. The summed E-state index contributed by atoms with van der Waals surface area (Å²) in [5.74, 6) is -3.34. The largest absolute Gasteiger partial charge is 0.464 e. The summed E-state index contributed by atoms with van der Waals surface area (Å²) >= 11 is 0. The molecule has 1 saturated heterocycles. The first-order valence-electron chi connectivity index (χ1n) is 8.33. The van der Waals surface area contributed by atoms with Gasteiger partial charge in [0.05, 0.1) is 7.11 Å². The lowest BCUT2D eigenvalue weighted by Gasteiger charge is -2.31. The fourth-order valence-electron chi connectivity index (χ4n) is 3.05. The number of aryl methyl sites for hydroxylation is 1. The minimum atomic E-state index is -2.68. The Balaban J connectivity index is 1.75. The van der Waals surface area contributed by atoms with Crippen molar-refractivity contribution in [3.63, 3.8) is 0 Å². The Morgan fingerprint density at radius 1 is 1.08 bits per heavy atom. The van der Waals surface area contributed by atoms with Gasteiger partial charge in [-0.3, -0.25) is 4.79 Å². The highest BCUT2D eigenvalue weighted by Crippen LogP contribution is 2.29. The number of aromatic nitrogens is 1. The highest BCUT2D eigenvalue weighted by atomic mass is 19.3. The molecule has 0 unspecified atom stereocenters. The zero-order valence-electron chi connectivity index (χ0n) is 14.7. The molecule has 1 aromatic carbocycles. The van der Waals surface area contributed by atoms with Crippen molar-refractivity contribution < 1.29 is 23.1 Å². The number of piperidine rings is 1. The Kier molecular flexibility index (Phi) is 4.80. The highest BCUT2D eigenvalue weighted by molar-refractivity contribution is 5.95. The van der Waals surface area contributed by atoms with E-state index in [-0.39, 0.29) is 31.8 Å². The van der Waals surface area contributed by atoms with Crippen LogP contribution in [0.25, 0.3) is 11.1 Å². The molecular formula is C19H20F2N2O3. The number of alkyl halides is 2. The van der Waals surface area contributed by atoms with E-state index in [4.69, 9.17) is 4.74 Å². The van der Waals surface area contributed by atoms with E-state index < -0.39 is 11.9 Å². The molecular weight excluding hydrogens is 342 g/mol. The summed E-state index contributed by atoms with van der Waals surface area (Å²) in [5.41, 5.74) is 2.56. The monoisotopic (exact) mass is 362 g/mol. The van der Waals surface area contributed by atoms with Crippen molar-refractivity contribution in [1.29, 1.82) is 0 Å². The molecule has 1 aliphatic rings. The van der Waals surface area contributed by atoms with Gasteiger partial charge in [0.15, 0.2) is 0 Å². The van der Waals surface area contributed by atoms with Gasteiger partial charge < -0.3 is 14.2 Å². The normalized spacial score (nSPS) is 16.4. The molecule has 2 heterocycles. The third-order valence-corrected chi connectivity index (χ3v) is 4.65. The summed E-state index contributed by atoms with van der Waals surface area (Å²) < 4.78 is 32.9. The molecule has 26 heavy (non-hydrogen) atoms. The lowest BCUT2D eigenvalue weighted by atomic mass is 10.0. The van der Waals surface area contributed by atoms with Gasteiger partial charge in [-0.15, -0.1) is 0 Å². The lowest BCUT2D eigenvalue weighted by molar-refractivity contribution is -0.0494. The number of methoxy groups -OCH3 is 1. The van der Waals surface area contributed by atoms with Crippen LogP contribution >= 0.6 is 0 Å². The van der Waals surface area contributed by atoms with E-state index in [0.717, 1.165) is 11.1 Å². The van der Waals surface area contributed by atoms with Crippen LogP contribution in [0, 0.1) is 0 Å². The lowest BCUT2D eigenvalue weighted by Crippen LogP contribution is -2.42. The van der Waals surface area contributed by atoms with Gasteiger partial charge in [0.25, 0.3) is 11.8 Å². The average molecular weight is 362 g/mol. The van der Waals surface area contributed by atoms with Crippen molar-refractivity contribution in [2.45, 2.75) is 18.8 Å². The standard InChI is InChI=1S/C19H20F2N2O3/c1-22-12-15(11-16(22)18(25)26-2)13-3-5-14(6-4-13)17(24)23-9-7-19(20,21)8-10-23/h3-6,11-12H,7-10H2,1-2H3. The maximum atomic E-state index is 13.2. The minimum absolute atomic E-state index is 0.0642. The Morgan fingerprint density at radius 2 is 1.69 bits per heavy atom. The number of nitrogens with zero attached hydrogens (tertiary/aromatic N) is 2. The van der Waals surface area contributed by atoms with Gasteiger partial charge in [0, 0.05) is 50.3 Å². The third-order valence-electron chi connectivity index (χ3n) is 4.65. The van der Waals surface area contributed by atoms with Crippen molar-refractivity contribution >= 4 is 11.9 Å². The Labute approximate surface area is 150 Å². The number of rotatable bonds is 3. The van der Waals surface area contributed by atoms with Gasteiger partial charge in [-0.2, -0.15) is 0 Å². The molecule has 7 heteroatoms. The molecule has 0 saturated carbocycles. The second kappa shape index (κ2) is 6.90. The quantitative estimate of drug-likeness (QED) is 0.787. The molecule has 1 fully saturated rings. The molecule has 2 aromatic rings. The zero-order chi connectivity index (χ0) is 18.9. The zero-order valence-corrected chi connectivity index (χ0v) is 14.7. The molecule has 1 aromatic heterocycles. The number of ether oxygens (including phenoxy) is 1. The van der Waals surface area contributed by atoms with Crippen LogP contribution in [0.15, 0.2) is 36.5 Å². The number of carbonyl (C=O) groups excluding carboxylic acids is 2. The molecule has 1 amide bonds. The fraction of sp³-hybridized carbons (Fsp3) is 0.368. The van der Waals surface area contributed by atoms with E-state index in [1.165, 1.54) is 12.0 Å². The van der Waals surface area contributed by atoms with E-state index in [2.05, 4.69) is 0 Å². The molecule has 0 atom stereocenters. The van der Waals surface area contributed by atoms with Crippen LogP contribution in [0.3, 0.4) is 0 Å². The van der Waals surface area contributed by atoms with Crippen LogP contribution in [-0.4, -0.2) is 47.5 Å². The second-order valence-electron chi connectivity index (χ2n) is 6.44. The summed E-state index contributed by atoms with van der Waals surface area (Å²) in [4.78, 5) is 25.6. The molecule has 0 N–H and O–H groups in total. The molecule has 0 spiro atoms. The first kappa shape index (κ1) is 18.1. The van der Waals surface area contributed by atoms with Crippen molar-refractivity contribution in [3.05, 3.63) is 47.8 Å². The number of likely N-dealkylation sites (tertiary alicyclic amines) is 1. The maximum Gasteiger partial charge on any atom is 0.354 e. The molecule has 0 bridgehead atoms. The van der Waals surface area contributed by atoms with Gasteiger partial charge in [-0.05, 0) is 23.8 Å². The molecule has 1 aliphatic heterocycles. The topological polar surface area (TPSA) is 51.5 Å². The number of esters is 1. The smallest absolute Gasteiger partial charge is 0.354 e. The summed E-state index contributed by atoms with van der Waals surface area (Å²) in [5, 5.41) is 0. The number of halogens is 2. The second-order valence-corrected chi connectivity index (χ2v) is 6.44. The number of carbonyl (C=O) groups is 2. The van der Waals surface area contributed by atoms with Crippen LogP contribution in [0.4, 0.5) is 8.78 Å². The number of benzene rings is 1. The van der Waals surface area contributed by atoms with Gasteiger partial charge in [0.1, 0.15) is 5.69 Å². The number of hydrogen-bond acceptors (Lipinski definition) is 3. The first-order valence-corrected chi connectivity index (χ1v) is 8.33. The van der Waals surface area contributed by atoms with E-state index in [9.17, 15) is 18.4 Å². The minimum Gasteiger partial charge on any atom is -0.464 e. The van der Waals surface area contributed by atoms with Gasteiger partial charge in [-0.25, -0.2) is 13.6 Å². The van der Waals surface area contributed by atoms with Crippen molar-refractivity contribution in [1.82, 2.24) is 9.47 Å². The van der Waals surface area contributed by atoms with Gasteiger partial charge in [0.2, 0.25) is 0 Å². The van der Waals surface area contributed by atoms with Crippen LogP contribution in [0.2, 0.25) is 0 Å². The van der Waals surface area contributed by atoms with Crippen LogP contribution in [0.1, 0.15) is 33.7 Å². The van der Waals surface area contributed by atoms with E-state index >= 15 is 0 Å². The van der Waals surface area contributed by atoms with Crippen molar-refractivity contribution in [2.75, 3.05) is 20.2 Å². The Hall–Kier alpha value is -2.70. The Morgan fingerprint density at radius 3 is 2.27 bits per heavy atom. The third kappa shape index (κ3) is 3.61. The Bertz CT molecular complexity index is 818. The first-order chi connectivity index (χ1) is 12.3. The fourth-order valence-corrected chi connectivity index (χ4v) is 3.05. The maximum absolute atomic E-state index is 13.2. The van der Waals surface area contributed by atoms with Crippen LogP contribution < -0.4 is 0 Å². The van der Waals surface area contributed by atoms with Crippen molar-refractivity contribution in [2.24, 2.45) is 7.05 Å². The molecule has 0 radical (unpaired) electrons. The number of hydrogen-bond donors (Lipinski definition) is 0. The van der Waals surface area contributed by atoms with Crippen LogP contribution in [0.5, 0.6) is 0 Å². The molecule has 138 valence electrons. The van der Waals surface area contributed by atoms with Crippen LogP contribution in [-0.2, 0) is 11.8 Å². The average Bonchev–Trinajstić information content (AvgIpc) is 3.02. The van der Waals surface area contributed by atoms with E-state index in [1.807, 2.05) is 0 Å². The van der Waals surface area contributed by atoms with Gasteiger partial charge in [-0.1, -0.05) is 12.1 Å². The summed E-state index contributed by atoms with van der Waals surface area (Å²) in [7, 11) is 3.08. The predicted molar refractivity (Wildman–Crippen MR) is 92.3 cm³/mol. The predicted octanol–water partition coefficient (Wildman–Crippen LogP) is 3.35. The van der Waals surface area contributed by atoms with E-state index in [0.29, 0.717) is 11.3 Å². The SMILES string of the molecule is COC(=O)c1cc(-c2ccc(C(=O)N3CCC(F)(F)CC3)cc2)cn1C. The number of amides is 1. The summed E-state index contributed by atoms with van der Waals surface area (Å²) in [6, 6.07) is 8.63. The van der Waals surface area contributed by atoms with Crippen molar-refractivity contribution in [3.8, 4) is 11.1 Å². The summed E-state index contributed by atoms with van der Waals surface area (Å²) in [6.07, 6.45) is 1.21. The molecule has 5 nitrogen and oxygen atoms in total. The van der Waals surface area contributed by atoms with E-state index in [1.54, 1.807) is 48.1 Å². The summed E-state index contributed by atoms with van der Waals surface area (Å²) in [6.45, 7) is 0.128. The molecule has 3 rings (SSSR count).